The van der Waals surface area contributed by atoms with Crippen LogP contribution in [0.3, 0.4) is 0 Å². The van der Waals surface area contributed by atoms with Gasteiger partial charge in [-0.15, -0.1) is 0 Å². The minimum atomic E-state index is -0.343. The van der Waals surface area contributed by atoms with Crippen molar-refractivity contribution in [3.05, 3.63) is 0 Å². The van der Waals surface area contributed by atoms with Crippen molar-refractivity contribution in [2.45, 2.75) is 38.2 Å². The van der Waals surface area contributed by atoms with E-state index in [9.17, 15) is 0 Å². The molecule has 3 nitrogen and oxygen atoms in total. The molecule has 3 N–H and O–H groups in total. The molecule has 1 aliphatic heterocycles. The molecule has 1 fully saturated rings. The predicted octanol–water partition coefficient (Wildman–Crippen LogP) is -0.169. The molecule has 0 amide bonds. The van der Waals surface area contributed by atoms with Gasteiger partial charge in [-0.3, -0.25) is 0 Å². The largest absolute Gasteiger partial charge is 0.390 e. The number of aliphatic hydroxyl groups is 1. The molecule has 2 unspecified atom stereocenters. The molecule has 3 heteroatoms. The summed E-state index contributed by atoms with van der Waals surface area (Å²) in [6.45, 7) is 1.98. The van der Waals surface area contributed by atoms with Gasteiger partial charge < -0.3 is 15.6 Å². The maximum absolute atomic E-state index is 9.15. The SMILES string of the molecule is CCC1OC(N)C[C@@H]1O. The maximum Gasteiger partial charge on any atom is 0.108 e. The van der Waals surface area contributed by atoms with Gasteiger partial charge in [0.05, 0.1) is 12.2 Å². The Labute approximate surface area is 54.8 Å². The summed E-state index contributed by atoms with van der Waals surface area (Å²) in [5, 5.41) is 9.15. The van der Waals surface area contributed by atoms with Crippen molar-refractivity contribution in [1.29, 1.82) is 0 Å². The van der Waals surface area contributed by atoms with Crippen LogP contribution in [-0.4, -0.2) is 23.5 Å². The van der Waals surface area contributed by atoms with Gasteiger partial charge in [0.1, 0.15) is 6.23 Å². The molecule has 1 aliphatic rings. The lowest BCUT2D eigenvalue weighted by Crippen LogP contribution is -2.20. The molecule has 0 saturated carbocycles. The molecular weight excluding hydrogens is 118 g/mol. The minimum absolute atomic E-state index is 0.0278. The summed E-state index contributed by atoms with van der Waals surface area (Å²) in [6.07, 6.45) is 0.808. The zero-order valence-corrected chi connectivity index (χ0v) is 5.58. The van der Waals surface area contributed by atoms with Crippen LogP contribution in [0.1, 0.15) is 19.8 Å². The number of hydrogen-bond donors (Lipinski definition) is 2. The second-order valence-electron chi connectivity index (χ2n) is 2.42. The summed E-state index contributed by atoms with van der Waals surface area (Å²) in [5.41, 5.74) is 5.41. The molecule has 54 valence electrons. The normalized spacial score (nSPS) is 43.7. The number of hydrogen-bond acceptors (Lipinski definition) is 3. The van der Waals surface area contributed by atoms with Crippen LogP contribution in [0, 0.1) is 0 Å². The highest BCUT2D eigenvalue weighted by Crippen LogP contribution is 2.18. The van der Waals surface area contributed by atoms with Crippen LogP contribution in [0.25, 0.3) is 0 Å². The zero-order chi connectivity index (χ0) is 6.85. The summed E-state index contributed by atoms with van der Waals surface area (Å²) in [7, 11) is 0. The number of ether oxygens (including phenoxy) is 1. The van der Waals surface area contributed by atoms with E-state index in [-0.39, 0.29) is 18.4 Å². The lowest BCUT2D eigenvalue weighted by molar-refractivity contribution is 0.0107. The maximum atomic E-state index is 9.15. The van der Waals surface area contributed by atoms with Crippen molar-refractivity contribution >= 4 is 0 Å². The third kappa shape index (κ3) is 1.41. The van der Waals surface area contributed by atoms with Gasteiger partial charge in [-0.25, -0.2) is 0 Å². The topological polar surface area (TPSA) is 55.5 Å². The molecule has 0 aromatic rings. The smallest absolute Gasteiger partial charge is 0.108 e. The number of rotatable bonds is 1. The summed E-state index contributed by atoms with van der Waals surface area (Å²) < 4.78 is 5.15. The van der Waals surface area contributed by atoms with Crippen LogP contribution < -0.4 is 5.73 Å². The molecule has 3 atom stereocenters. The summed E-state index contributed by atoms with van der Waals surface area (Å²) in [4.78, 5) is 0. The highest BCUT2D eigenvalue weighted by atomic mass is 16.5. The molecule has 0 aliphatic carbocycles. The first kappa shape index (κ1) is 6.99. The van der Waals surface area contributed by atoms with Gasteiger partial charge in [-0.2, -0.15) is 0 Å². The molecule has 1 saturated heterocycles. The van der Waals surface area contributed by atoms with Gasteiger partial charge >= 0.3 is 0 Å². The van der Waals surface area contributed by atoms with Crippen LogP contribution >= 0.6 is 0 Å². The van der Waals surface area contributed by atoms with E-state index in [0.717, 1.165) is 6.42 Å². The Morgan fingerprint density at radius 1 is 1.78 bits per heavy atom. The fraction of sp³-hybridized carbons (Fsp3) is 1.00. The predicted molar refractivity (Wildman–Crippen MR) is 33.8 cm³/mol. The van der Waals surface area contributed by atoms with Crippen LogP contribution in [0.4, 0.5) is 0 Å². The van der Waals surface area contributed by atoms with Crippen LogP contribution in [0.2, 0.25) is 0 Å². The van der Waals surface area contributed by atoms with Crippen molar-refractivity contribution < 1.29 is 9.84 Å². The monoisotopic (exact) mass is 131 g/mol. The second kappa shape index (κ2) is 2.64. The molecule has 1 rings (SSSR count). The van der Waals surface area contributed by atoms with Crippen LogP contribution in [0.5, 0.6) is 0 Å². The van der Waals surface area contributed by atoms with Crippen molar-refractivity contribution in [3.8, 4) is 0 Å². The quantitative estimate of drug-likeness (QED) is 0.519. The van der Waals surface area contributed by atoms with Gasteiger partial charge in [0.25, 0.3) is 0 Å². The number of nitrogens with two attached hydrogens (primary N) is 1. The first-order chi connectivity index (χ1) is 4.24. The van der Waals surface area contributed by atoms with E-state index in [2.05, 4.69) is 0 Å². The van der Waals surface area contributed by atoms with Crippen molar-refractivity contribution in [2.24, 2.45) is 5.73 Å². The Balaban J connectivity index is 2.38. The van der Waals surface area contributed by atoms with Crippen molar-refractivity contribution in [1.82, 2.24) is 0 Å². The third-order valence-corrected chi connectivity index (χ3v) is 1.65. The van der Waals surface area contributed by atoms with Gasteiger partial charge in [0, 0.05) is 6.42 Å². The minimum Gasteiger partial charge on any atom is -0.390 e. The standard InChI is InChI=1S/C6H13NO2/c1-2-5-4(8)3-6(7)9-5/h4-6,8H,2-3,7H2,1H3/t4-,5?,6?/m0/s1. The zero-order valence-electron chi connectivity index (χ0n) is 5.58. The fourth-order valence-corrected chi connectivity index (χ4v) is 1.13. The second-order valence-corrected chi connectivity index (χ2v) is 2.42. The van der Waals surface area contributed by atoms with E-state index >= 15 is 0 Å². The first-order valence-corrected chi connectivity index (χ1v) is 3.33. The Bertz CT molecular complexity index is 97.1. The Kier molecular flexibility index (Phi) is 2.05. The van der Waals surface area contributed by atoms with Crippen LogP contribution in [-0.2, 0) is 4.74 Å². The molecule has 0 aromatic heterocycles. The molecule has 0 spiro atoms. The lowest BCUT2D eigenvalue weighted by Gasteiger charge is -2.09. The van der Waals surface area contributed by atoms with Gasteiger partial charge in [-0.1, -0.05) is 6.92 Å². The summed E-state index contributed by atoms with van der Waals surface area (Å²) >= 11 is 0. The summed E-state index contributed by atoms with van der Waals surface area (Å²) in [6, 6.07) is 0. The Morgan fingerprint density at radius 3 is 2.67 bits per heavy atom. The lowest BCUT2D eigenvalue weighted by atomic mass is 10.1. The number of aliphatic hydroxyl groups excluding tert-OH is 1. The van der Waals surface area contributed by atoms with E-state index in [1.807, 2.05) is 6.92 Å². The molecular formula is C6H13NO2. The Morgan fingerprint density at radius 2 is 2.44 bits per heavy atom. The van der Waals surface area contributed by atoms with Crippen LogP contribution in [0.15, 0.2) is 0 Å². The van der Waals surface area contributed by atoms with Gasteiger partial charge in [-0.05, 0) is 6.42 Å². The third-order valence-electron chi connectivity index (χ3n) is 1.65. The average molecular weight is 131 g/mol. The highest BCUT2D eigenvalue weighted by Gasteiger charge is 2.29. The first-order valence-electron chi connectivity index (χ1n) is 3.33. The summed E-state index contributed by atoms with van der Waals surface area (Å²) in [5.74, 6) is 0. The molecule has 1 heterocycles. The van der Waals surface area contributed by atoms with E-state index in [1.54, 1.807) is 0 Å². The van der Waals surface area contributed by atoms with E-state index in [4.69, 9.17) is 15.6 Å². The highest BCUT2D eigenvalue weighted by molar-refractivity contribution is 4.77. The van der Waals surface area contributed by atoms with E-state index < -0.39 is 0 Å². The van der Waals surface area contributed by atoms with Gasteiger partial charge in [0.15, 0.2) is 0 Å². The molecule has 0 bridgehead atoms. The molecule has 0 radical (unpaired) electrons. The Hall–Kier alpha value is -0.120. The average Bonchev–Trinajstić information content (AvgIpc) is 2.10. The molecule has 0 aromatic carbocycles. The van der Waals surface area contributed by atoms with E-state index in [0.29, 0.717) is 6.42 Å². The van der Waals surface area contributed by atoms with E-state index in [1.165, 1.54) is 0 Å². The fourth-order valence-electron chi connectivity index (χ4n) is 1.13. The van der Waals surface area contributed by atoms with Crippen molar-refractivity contribution in [3.63, 3.8) is 0 Å². The van der Waals surface area contributed by atoms with Gasteiger partial charge in [0.2, 0.25) is 0 Å². The van der Waals surface area contributed by atoms with Crippen molar-refractivity contribution in [2.75, 3.05) is 0 Å². The molecule has 9 heavy (non-hydrogen) atoms.